The van der Waals surface area contributed by atoms with Crippen molar-refractivity contribution in [2.45, 2.75) is 26.3 Å². The fraction of sp³-hybridized carbons (Fsp3) is 0.500. The molecule has 1 saturated carbocycles. The third-order valence-corrected chi connectivity index (χ3v) is 6.24. The van der Waals surface area contributed by atoms with E-state index in [-0.39, 0.29) is 17.3 Å². The molecule has 0 atom stereocenters. The van der Waals surface area contributed by atoms with E-state index in [1.54, 1.807) is 5.38 Å². The van der Waals surface area contributed by atoms with Crippen LogP contribution in [-0.4, -0.2) is 48.1 Å². The fourth-order valence-corrected chi connectivity index (χ4v) is 4.31. The Labute approximate surface area is 163 Å². The maximum absolute atomic E-state index is 12.3. The minimum Gasteiger partial charge on any atom is -0.369 e. The van der Waals surface area contributed by atoms with Crippen LogP contribution in [0.2, 0.25) is 0 Å². The maximum atomic E-state index is 12.3. The largest absolute Gasteiger partial charge is 0.369 e. The number of carbonyl (C=O) groups is 1. The van der Waals surface area contributed by atoms with Crippen molar-refractivity contribution in [2.75, 3.05) is 42.9 Å². The zero-order chi connectivity index (χ0) is 18.8. The lowest BCUT2D eigenvalue weighted by Gasteiger charge is -2.36. The summed E-state index contributed by atoms with van der Waals surface area (Å²) in [6, 6.07) is 7.99. The van der Waals surface area contributed by atoms with E-state index < -0.39 is 0 Å². The van der Waals surface area contributed by atoms with Crippen LogP contribution in [0.3, 0.4) is 0 Å². The van der Waals surface area contributed by atoms with Gasteiger partial charge in [0, 0.05) is 55.2 Å². The number of anilines is 2. The van der Waals surface area contributed by atoms with Crippen LogP contribution in [0, 0.1) is 12.8 Å². The number of piperazine rings is 1. The van der Waals surface area contributed by atoms with Crippen molar-refractivity contribution in [1.82, 2.24) is 9.47 Å². The van der Waals surface area contributed by atoms with E-state index in [4.69, 9.17) is 0 Å². The van der Waals surface area contributed by atoms with Crippen molar-refractivity contribution < 1.29 is 4.79 Å². The van der Waals surface area contributed by atoms with Crippen molar-refractivity contribution in [2.24, 2.45) is 5.92 Å². The van der Waals surface area contributed by atoms with Crippen molar-refractivity contribution in [3.05, 3.63) is 45.0 Å². The third-order valence-electron chi connectivity index (χ3n) is 5.36. The second-order valence-corrected chi connectivity index (χ2v) is 8.38. The fourth-order valence-electron chi connectivity index (χ4n) is 3.57. The number of hydrogen-bond acceptors (Lipinski definition) is 5. The number of thiazole rings is 1. The van der Waals surface area contributed by atoms with Crippen LogP contribution >= 0.6 is 11.3 Å². The minimum atomic E-state index is -0.176. The predicted octanol–water partition coefficient (Wildman–Crippen LogP) is 2.39. The first kappa shape index (κ1) is 18.3. The van der Waals surface area contributed by atoms with Crippen LogP contribution in [-0.2, 0) is 11.3 Å². The first-order chi connectivity index (χ1) is 13.1. The molecule has 1 aromatic carbocycles. The van der Waals surface area contributed by atoms with E-state index in [0.717, 1.165) is 60.5 Å². The smallest absolute Gasteiger partial charge is 0.307 e. The van der Waals surface area contributed by atoms with Crippen molar-refractivity contribution in [3.8, 4) is 0 Å². The van der Waals surface area contributed by atoms with Gasteiger partial charge in [-0.05, 0) is 43.9 Å². The predicted molar refractivity (Wildman–Crippen MR) is 110 cm³/mol. The summed E-state index contributed by atoms with van der Waals surface area (Å²) in [7, 11) is 0. The number of amides is 1. The first-order valence-electron chi connectivity index (χ1n) is 9.60. The highest BCUT2D eigenvalue weighted by Crippen LogP contribution is 2.30. The molecule has 7 heteroatoms. The SMILES string of the molecule is Cc1csc(=O)n1CC(=O)Nc1cccc(N2CCN(CC3CC3)CC2)c1. The molecule has 2 heterocycles. The zero-order valence-corrected chi connectivity index (χ0v) is 16.5. The molecule has 4 rings (SSSR count). The molecule has 0 bridgehead atoms. The molecular weight excluding hydrogens is 360 g/mol. The molecule has 1 aromatic heterocycles. The standard InChI is InChI=1S/C20H26N4O2S/c1-15-14-27-20(26)24(15)13-19(25)21-17-3-2-4-18(11-17)23-9-7-22(8-10-23)12-16-5-6-16/h2-4,11,14,16H,5-10,12-13H2,1H3,(H,21,25). The summed E-state index contributed by atoms with van der Waals surface area (Å²) in [6.45, 7) is 7.40. The molecule has 1 aliphatic carbocycles. The molecule has 2 fully saturated rings. The second-order valence-electron chi connectivity index (χ2n) is 7.56. The van der Waals surface area contributed by atoms with Crippen LogP contribution in [0.15, 0.2) is 34.4 Å². The van der Waals surface area contributed by atoms with Crippen molar-refractivity contribution in [1.29, 1.82) is 0 Å². The highest BCUT2D eigenvalue weighted by Gasteiger charge is 2.26. The van der Waals surface area contributed by atoms with E-state index in [2.05, 4.69) is 21.2 Å². The number of aromatic nitrogens is 1. The van der Waals surface area contributed by atoms with Gasteiger partial charge in [0.2, 0.25) is 5.91 Å². The summed E-state index contributed by atoms with van der Waals surface area (Å²) in [5, 5.41) is 4.70. The van der Waals surface area contributed by atoms with Crippen LogP contribution in [0.4, 0.5) is 11.4 Å². The van der Waals surface area contributed by atoms with Crippen LogP contribution in [0.5, 0.6) is 0 Å². The molecule has 144 valence electrons. The molecule has 0 unspecified atom stereocenters. The molecule has 2 aromatic rings. The van der Waals surface area contributed by atoms with Gasteiger partial charge in [-0.15, -0.1) is 0 Å². The summed E-state index contributed by atoms with van der Waals surface area (Å²) in [5.74, 6) is 0.763. The van der Waals surface area contributed by atoms with E-state index in [0.29, 0.717) is 0 Å². The van der Waals surface area contributed by atoms with E-state index in [1.807, 2.05) is 25.1 Å². The Morgan fingerprint density at radius 3 is 2.67 bits per heavy atom. The topological polar surface area (TPSA) is 57.6 Å². The van der Waals surface area contributed by atoms with Gasteiger partial charge in [-0.1, -0.05) is 17.4 Å². The highest BCUT2D eigenvalue weighted by atomic mass is 32.1. The quantitative estimate of drug-likeness (QED) is 0.828. The normalized spacial score (nSPS) is 17.9. The molecular formula is C20H26N4O2S. The molecule has 0 spiro atoms. The molecule has 6 nitrogen and oxygen atoms in total. The molecule has 27 heavy (non-hydrogen) atoms. The van der Waals surface area contributed by atoms with Gasteiger partial charge in [-0.25, -0.2) is 0 Å². The minimum absolute atomic E-state index is 0.0538. The maximum Gasteiger partial charge on any atom is 0.307 e. The Bertz CT molecular complexity index is 863. The van der Waals surface area contributed by atoms with Crippen LogP contribution < -0.4 is 15.1 Å². The number of benzene rings is 1. The van der Waals surface area contributed by atoms with Crippen molar-refractivity contribution >= 4 is 28.6 Å². The Kier molecular flexibility index (Phi) is 5.31. The van der Waals surface area contributed by atoms with Gasteiger partial charge in [0.1, 0.15) is 6.54 Å². The Hall–Kier alpha value is -2.12. The first-order valence-corrected chi connectivity index (χ1v) is 10.5. The van der Waals surface area contributed by atoms with E-state index in [9.17, 15) is 9.59 Å². The van der Waals surface area contributed by atoms with Gasteiger partial charge in [-0.3, -0.25) is 19.1 Å². The summed E-state index contributed by atoms with van der Waals surface area (Å²) < 4.78 is 1.50. The molecule has 1 N–H and O–H groups in total. The van der Waals surface area contributed by atoms with Gasteiger partial charge >= 0.3 is 4.87 Å². The number of hydrogen-bond donors (Lipinski definition) is 1. The molecule has 1 amide bonds. The van der Waals surface area contributed by atoms with E-state index >= 15 is 0 Å². The average molecular weight is 387 g/mol. The molecule has 1 aliphatic heterocycles. The van der Waals surface area contributed by atoms with Crippen LogP contribution in [0.1, 0.15) is 18.5 Å². The van der Waals surface area contributed by atoms with Gasteiger partial charge < -0.3 is 10.2 Å². The Morgan fingerprint density at radius 1 is 1.22 bits per heavy atom. The Morgan fingerprint density at radius 2 is 2.00 bits per heavy atom. The lowest BCUT2D eigenvalue weighted by Crippen LogP contribution is -2.47. The number of carbonyl (C=O) groups excluding carboxylic acids is 1. The van der Waals surface area contributed by atoms with E-state index in [1.165, 1.54) is 24.0 Å². The monoisotopic (exact) mass is 386 g/mol. The average Bonchev–Trinajstić information content (AvgIpc) is 3.43. The number of rotatable bonds is 6. The zero-order valence-electron chi connectivity index (χ0n) is 15.7. The Balaban J connectivity index is 1.35. The molecule has 2 aliphatic rings. The van der Waals surface area contributed by atoms with Gasteiger partial charge in [0.15, 0.2) is 0 Å². The summed E-state index contributed by atoms with van der Waals surface area (Å²) in [6.07, 6.45) is 2.80. The van der Waals surface area contributed by atoms with Gasteiger partial charge in [-0.2, -0.15) is 0 Å². The van der Waals surface area contributed by atoms with Gasteiger partial charge in [0.05, 0.1) is 0 Å². The molecule has 1 saturated heterocycles. The lowest BCUT2D eigenvalue weighted by molar-refractivity contribution is -0.116. The summed E-state index contributed by atoms with van der Waals surface area (Å²) in [4.78, 5) is 29.0. The molecule has 0 radical (unpaired) electrons. The third kappa shape index (κ3) is 4.59. The summed E-state index contributed by atoms with van der Waals surface area (Å²) >= 11 is 1.12. The van der Waals surface area contributed by atoms with Crippen LogP contribution in [0.25, 0.3) is 0 Å². The number of nitrogens with zero attached hydrogens (tertiary/aromatic N) is 3. The summed E-state index contributed by atoms with van der Waals surface area (Å²) in [5.41, 5.74) is 2.74. The number of aryl methyl sites for hydroxylation is 1. The second kappa shape index (κ2) is 7.86. The lowest BCUT2D eigenvalue weighted by atomic mass is 10.2. The van der Waals surface area contributed by atoms with Gasteiger partial charge in [0.25, 0.3) is 0 Å². The van der Waals surface area contributed by atoms with Crippen molar-refractivity contribution in [3.63, 3.8) is 0 Å². The highest BCUT2D eigenvalue weighted by molar-refractivity contribution is 7.07. The number of nitrogens with one attached hydrogen (secondary N) is 1.